The van der Waals surface area contributed by atoms with Gasteiger partial charge in [0.2, 0.25) is 0 Å². The van der Waals surface area contributed by atoms with Crippen molar-refractivity contribution >= 4 is 5.91 Å². The van der Waals surface area contributed by atoms with Gasteiger partial charge in [0, 0.05) is 24.8 Å². The van der Waals surface area contributed by atoms with Gasteiger partial charge in [-0.15, -0.1) is 0 Å². The van der Waals surface area contributed by atoms with Crippen molar-refractivity contribution in [2.75, 3.05) is 0 Å². The summed E-state index contributed by atoms with van der Waals surface area (Å²) in [5.74, 6) is 0.403. The highest BCUT2D eigenvalue weighted by molar-refractivity contribution is 5.94. The Morgan fingerprint density at radius 2 is 1.95 bits per heavy atom. The van der Waals surface area contributed by atoms with Crippen molar-refractivity contribution in [1.29, 1.82) is 0 Å². The van der Waals surface area contributed by atoms with Gasteiger partial charge in [-0.1, -0.05) is 38.1 Å². The zero-order valence-electron chi connectivity index (χ0n) is 12.5. The van der Waals surface area contributed by atoms with E-state index in [1.165, 1.54) is 5.56 Å². The molecular weight excluding hydrogens is 262 g/mol. The molecule has 4 heteroatoms. The number of carbonyl (C=O) groups is 1. The number of pyridine rings is 1. The van der Waals surface area contributed by atoms with Crippen LogP contribution in [0.5, 0.6) is 0 Å². The zero-order valence-corrected chi connectivity index (χ0v) is 12.5. The van der Waals surface area contributed by atoms with E-state index in [1.54, 1.807) is 18.3 Å². The smallest absolute Gasteiger partial charge is 0.251 e. The van der Waals surface area contributed by atoms with Crippen LogP contribution in [0.3, 0.4) is 0 Å². The van der Waals surface area contributed by atoms with E-state index in [0.717, 1.165) is 5.56 Å². The highest BCUT2D eigenvalue weighted by Gasteiger charge is 2.06. The average Bonchev–Trinajstić information content (AvgIpc) is 2.53. The van der Waals surface area contributed by atoms with Crippen LogP contribution in [0, 0.1) is 0 Å². The molecule has 1 aromatic carbocycles. The first-order chi connectivity index (χ1) is 10.1. The standard InChI is InChI=1S/C17H21N3O/c1-12(2)14-5-3-13(4-6-14)11-20-17(21)15-7-8-19-16(9-15)10-18/h3-9,12H,10-11,18H2,1-2H3,(H,20,21). The van der Waals surface area contributed by atoms with Gasteiger partial charge in [-0.05, 0) is 29.2 Å². The fourth-order valence-electron chi connectivity index (χ4n) is 2.04. The Morgan fingerprint density at radius 3 is 2.57 bits per heavy atom. The summed E-state index contributed by atoms with van der Waals surface area (Å²) in [6.45, 7) is 5.17. The number of nitrogens with zero attached hydrogens (tertiary/aromatic N) is 1. The van der Waals surface area contributed by atoms with Gasteiger partial charge in [-0.2, -0.15) is 0 Å². The molecule has 1 amide bonds. The molecule has 0 spiro atoms. The summed E-state index contributed by atoms with van der Waals surface area (Å²) >= 11 is 0. The van der Waals surface area contributed by atoms with Crippen molar-refractivity contribution in [1.82, 2.24) is 10.3 Å². The van der Waals surface area contributed by atoms with Crippen molar-refractivity contribution in [2.45, 2.75) is 32.9 Å². The first-order valence-corrected chi connectivity index (χ1v) is 7.12. The first kappa shape index (κ1) is 15.2. The molecule has 0 radical (unpaired) electrons. The van der Waals surface area contributed by atoms with E-state index in [9.17, 15) is 4.79 Å². The Balaban J connectivity index is 1.97. The summed E-state index contributed by atoms with van der Waals surface area (Å²) in [6, 6.07) is 11.7. The van der Waals surface area contributed by atoms with E-state index in [-0.39, 0.29) is 5.91 Å². The Bertz CT molecular complexity index is 606. The molecule has 2 rings (SSSR count). The summed E-state index contributed by atoms with van der Waals surface area (Å²) in [5, 5.41) is 2.91. The predicted octanol–water partition coefficient (Wildman–Crippen LogP) is 2.59. The molecule has 0 aliphatic carbocycles. The first-order valence-electron chi connectivity index (χ1n) is 7.12. The Kier molecular flexibility index (Phi) is 5.06. The van der Waals surface area contributed by atoms with Crippen LogP contribution in [0.15, 0.2) is 42.6 Å². The van der Waals surface area contributed by atoms with Gasteiger partial charge in [0.05, 0.1) is 5.69 Å². The number of carbonyl (C=O) groups excluding carboxylic acids is 1. The normalized spacial score (nSPS) is 10.7. The van der Waals surface area contributed by atoms with Crippen molar-refractivity contribution in [3.8, 4) is 0 Å². The van der Waals surface area contributed by atoms with E-state index in [4.69, 9.17) is 5.73 Å². The van der Waals surface area contributed by atoms with Crippen LogP contribution in [0.4, 0.5) is 0 Å². The maximum atomic E-state index is 12.1. The molecule has 0 fully saturated rings. The van der Waals surface area contributed by atoms with Crippen LogP contribution < -0.4 is 11.1 Å². The quantitative estimate of drug-likeness (QED) is 0.886. The van der Waals surface area contributed by atoms with Crippen LogP contribution in [-0.2, 0) is 13.1 Å². The summed E-state index contributed by atoms with van der Waals surface area (Å²) in [6.07, 6.45) is 1.61. The summed E-state index contributed by atoms with van der Waals surface area (Å²) in [7, 11) is 0. The Labute approximate surface area is 125 Å². The van der Waals surface area contributed by atoms with Gasteiger partial charge < -0.3 is 11.1 Å². The lowest BCUT2D eigenvalue weighted by molar-refractivity contribution is 0.0950. The molecule has 0 atom stereocenters. The molecule has 0 aliphatic heterocycles. The molecule has 0 bridgehead atoms. The van der Waals surface area contributed by atoms with Crippen LogP contribution in [-0.4, -0.2) is 10.9 Å². The monoisotopic (exact) mass is 283 g/mol. The van der Waals surface area contributed by atoms with E-state index in [1.807, 2.05) is 12.1 Å². The molecule has 1 aromatic heterocycles. The van der Waals surface area contributed by atoms with Gasteiger partial charge >= 0.3 is 0 Å². The number of nitrogens with one attached hydrogen (secondary N) is 1. The van der Waals surface area contributed by atoms with Crippen molar-refractivity contribution in [3.05, 3.63) is 65.0 Å². The van der Waals surface area contributed by atoms with Crippen LogP contribution in [0.1, 0.15) is 46.9 Å². The fraction of sp³-hybridized carbons (Fsp3) is 0.294. The lowest BCUT2D eigenvalue weighted by atomic mass is 10.0. The number of aromatic nitrogens is 1. The van der Waals surface area contributed by atoms with Gasteiger partial charge in [0.1, 0.15) is 0 Å². The van der Waals surface area contributed by atoms with Gasteiger partial charge in [0.15, 0.2) is 0 Å². The minimum Gasteiger partial charge on any atom is -0.348 e. The third-order valence-corrected chi connectivity index (χ3v) is 3.39. The number of hydrogen-bond donors (Lipinski definition) is 2. The molecule has 0 unspecified atom stereocenters. The second-order valence-electron chi connectivity index (χ2n) is 5.32. The number of nitrogens with two attached hydrogens (primary N) is 1. The maximum absolute atomic E-state index is 12.1. The van der Waals surface area contributed by atoms with Gasteiger partial charge in [-0.25, -0.2) is 0 Å². The topological polar surface area (TPSA) is 68.0 Å². The minimum atomic E-state index is -0.111. The van der Waals surface area contributed by atoms with Gasteiger partial charge in [-0.3, -0.25) is 9.78 Å². The molecule has 0 saturated carbocycles. The zero-order chi connectivity index (χ0) is 15.2. The van der Waals surface area contributed by atoms with E-state index in [0.29, 0.717) is 30.3 Å². The lowest BCUT2D eigenvalue weighted by Gasteiger charge is -2.08. The largest absolute Gasteiger partial charge is 0.348 e. The van der Waals surface area contributed by atoms with Crippen molar-refractivity contribution in [3.63, 3.8) is 0 Å². The lowest BCUT2D eigenvalue weighted by Crippen LogP contribution is -2.23. The second-order valence-corrected chi connectivity index (χ2v) is 5.32. The van der Waals surface area contributed by atoms with E-state index >= 15 is 0 Å². The highest BCUT2D eigenvalue weighted by Crippen LogP contribution is 2.14. The van der Waals surface area contributed by atoms with Crippen LogP contribution in [0.25, 0.3) is 0 Å². The number of hydrogen-bond acceptors (Lipinski definition) is 3. The molecule has 0 aliphatic rings. The van der Waals surface area contributed by atoms with Crippen molar-refractivity contribution in [2.24, 2.45) is 5.73 Å². The third-order valence-electron chi connectivity index (χ3n) is 3.39. The SMILES string of the molecule is CC(C)c1ccc(CNC(=O)c2ccnc(CN)c2)cc1. The number of amides is 1. The summed E-state index contributed by atoms with van der Waals surface area (Å²) in [5.41, 5.74) is 9.21. The van der Waals surface area contributed by atoms with E-state index < -0.39 is 0 Å². The molecule has 110 valence electrons. The maximum Gasteiger partial charge on any atom is 0.251 e. The molecule has 0 saturated heterocycles. The summed E-state index contributed by atoms with van der Waals surface area (Å²) in [4.78, 5) is 16.2. The van der Waals surface area contributed by atoms with E-state index in [2.05, 4.69) is 36.3 Å². The Morgan fingerprint density at radius 1 is 1.24 bits per heavy atom. The highest BCUT2D eigenvalue weighted by atomic mass is 16.1. The van der Waals surface area contributed by atoms with Crippen LogP contribution >= 0.6 is 0 Å². The molecule has 4 nitrogen and oxygen atoms in total. The molecule has 2 aromatic rings. The molecule has 1 heterocycles. The van der Waals surface area contributed by atoms with Crippen LogP contribution in [0.2, 0.25) is 0 Å². The average molecular weight is 283 g/mol. The molecule has 21 heavy (non-hydrogen) atoms. The summed E-state index contributed by atoms with van der Waals surface area (Å²) < 4.78 is 0. The second kappa shape index (κ2) is 6.99. The third kappa shape index (κ3) is 4.13. The van der Waals surface area contributed by atoms with Gasteiger partial charge in [0.25, 0.3) is 5.91 Å². The number of benzene rings is 1. The fourth-order valence-corrected chi connectivity index (χ4v) is 2.04. The Hall–Kier alpha value is -2.20. The molecular formula is C17H21N3O. The molecule has 3 N–H and O–H groups in total. The van der Waals surface area contributed by atoms with Crippen molar-refractivity contribution < 1.29 is 4.79 Å². The number of rotatable bonds is 5. The minimum absolute atomic E-state index is 0.111. The predicted molar refractivity (Wildman–Crippen MR) is 83.8 cm³/mol.